The van der Waals surface area contributed by atoms with Gasteiger partial charge in [-0.2, -0.15) is 0 Å². The van der Waals surface area contributed by atoms with Gasteiger partial charge in [0, 0.05) is 0 Å². The number of benzene rings is 1. The Morgan fingerprint density at radius 1 is 0.352 bits per heavy atom. The monoisotopic (exact) mass is 799 g/mol. The van der Waals surface area contributed by atoms with Crippen LogP contribution in [0.4, 0.5) is 0 Å². The van der Waals surface area contributed by atoms with Gasteiger partial charge in [-0.1, -0.05) is 282 Å². The van der Waals surface area contributed by atoms with Crippen molar-refractivity contribution < 1.29 is 64.4 Å². The van der Waals surface area contributed by atoms with Crippen molar-refractivity contribution in [3.63, 3.8) is 0 Å². The predicted octanol–water partition coefficient (Wildman–Crippen LogP) is 14.2. The Labute approximate surface area is 382 Å². The van der Waals surface area contributed by atoms with Gasteiger partial charge in [0.15, 0.2) is 0 Å². The fourth-order valence-corrected chi connectivity index (χ4v) is 8.97. The van der Waals surface area contributed by atoms with Crippen molar-refractivity contribution in [3.8, 4) is 0 Å². The zero-order chi connectivity index (χ0) is 38.2. The Morgan fingerprint density at radius 3 is 0.778 bits per heavy atom. The molecule has 0 aliphatic heterocycles. The number of rotatable bonds is 43. The van der Waals surface area contributed by atoms with Crippen LogP contribution >= 0.6 is 0 Å². The van der Waals surface area contributed by atoms with Gasteiger partial charge in [-0.15, -0.1) is 0 Å². The van der Waals surface area contributed by atoms with Gasteiger partial charge in [-0.25, -0.2) is 8.42 Å². The average molecular weight is 799 g/mol. The van der Waals surface area contributed by atoms with E-state index < -0.39 is 10.1 Å². The first-order chi connectivity index (χ1) is 26.1. The van der Waals surface area contributed by atoms with Crippen LogP contribution in [-0.4, -0.2) is 13.0 Å². The average Bonchev–Trinajstić information content (AvgIpc) is 3.15. The second kappa shape index (κ2) is 43.3. The summed E-state index contributed by atoms with van der Waals surface area (Å²) in [5.41, 5.74) is 0.675. The van der Waals surface area contributed by atoms with Gasteiger partial charge in [0.2, 0.25) is 0 Å². The van der Waals surface area contributed by atoms with E-state index in [9.17, 15) is 13.0 Å². The molecule has 0 amide bonds. The summed E-state index contributed by atoms with van der Waals surface area (Å²) in [6, 6.07) is 6.65. The third-order valence-corrected chi connectivity index (χ3v) is 12.7. The maximum Gasteiger partial charge on any atom is 1.00 e. The summed E-state index contributed by atoms with van der Waals surface area (Å²) in [7, 11) is -4.37. The molecule has 0 bridgehead atoms. The molecule has 0 atom stereocenters. The molecule has 0 heterocycles. The first-order valence-corrected chi connectivity index (χ1v) is 25.5. The second-order valence-corrected chi connectivity index (χ2v) is 18.3. The zero-order valence-corrected chi connectivity index (χ0v) is 40.6. The van der Waals surface area contributed by atoms with E-state index >= 15 is 0 Å². The van der Waals surface area contributed by atoms with E-state index in [0.717, 1.165) is 12.8 Å². The summed E-state index contributed by atoms with van der Waals surface area (Å²) >= 11 is 0. The predicted molar refractivity (Wildman–Crippen MR) is 233 cm³/mol. The van der Waals surface area contributed by atoms with Crippen molar-refractivity contribution >= 4 is 10.1 Å². The molecule has 0 aromatic heterocycles. The molecule has 0 saturated heterocycles. The molecule has 0 aliphatic carbocycles. The molecule has 312 valence electrons. The smallest absolute Gasteiger partial charge is 0.744 e. The molecular weight excluding hydrogens is 708 g/mol. The normalized spacial score (nSPS) is 11.7. The van der Waals surface area contributed by atoms with Crippen molar-refractivity contribution in [3.05, 3.63) is 29.8 Å². The van der Waals surface area contributed by atoms with Crippen LogP contribution < -0.4 is 51.4 Å². The van der Waals surface area contributed by atoms with Gasteiger partial charge in [0.25, 0.3) is 0 Å². The van der Waals surface area contributed by atoms with Gasteiger partial charge < -0.3 is 4.55 Å². The third-order valence-electron chi connectivity index (χ3n) is 11.8. The molecule has 0 spiro atoms. The molecule has 5 heteroatoms. The summed E-state index contributed by atoms with van der Waals surface area (Å²) in [6.45, 7) is 2.31. The standard InChI is InChI=1S/C49H92O3S.K/c1-2-3-4-5-6-7-8-9-10-11-12-13-14-15-16-17-18-19-20-21-22-23-24-25-26-27-28-29-30-31-32-33-34-35-36-37-38-39-40-41-42-45-48-46-43-44-47-49(48)53(50,51)52;/h43-44,46-47H,2-42,45H2,1H3,(H,50,51,52);/q;+1/p-1. The number of unbranched alkanes of at least 4 members (excludes halogenated alkanes) is 40. The van der Waals surface area contributed by atoms with Crippen LogP contribution in [0.2, 0.25) is 0 Å². The fourth-order valence-electron chi connectivity index (χ4n) is 8.24. The quantitative estimate of drug-likeness (QED) is 0.0376. The number of hydrogen-bond acceptors (Lipinski definition) is 3. The third kappa shape index (κ3) is 38.3. The molecule has 0 saturated carbocycles. The van der Waals surface area contributed by atoms with Crippen molar-refractivity contribution in [1.82, 2.24) is 0 Å². The number of aryl methyl sites for hydroxylation is 1. The maximum absolute atomic E-state index is 11.4. The van der Waals surface area contributed by atoms with Crippen LogP contribution in [0, 0.1) is 0 Å². The molecule has 54 heavy (non-hydrogen) atoms. The molecule has 3 nitrogen and oxygen atoms in total. The Hall–Kier alpha value is 0.766. The first-order valence-electron chi connectivity index (χ1n) is 24.1. The molecule has 1 aromatic carbocycles. The van der Waals surface area contributed by atoms with E-state index in [1.54, 1.807) is 12.1 Å². The fraction of sp³-hybridized carbons (Fsp3) is 0.878. The molecule has 0 fully saturated rings. The molecule has 0 aliphatic rings. The van der Waals surface area contributed by atoms with E-state index in [2.05, 4.69) is 6.92 Å². The minimum Gasteiger partial charge on any atom is -0.744 e. The van der Waals surface area contributed by atoms with Crippen molar-refractivity contribution in [2.45, 2.75) is 281 Å². The molecule has 0 N–H and O–H groups in total. The molecular formula is C49H91KO3S. The Morgan fingerprint density at radius 2 is 0.556 bits per heavy atom. The van der Waals surface area contributed by atoms with E-state index in [1.807, 2.05) is 6.07 Å². The van der Waals surface area contributed by atoms with E-state index in [-0.39, 0.29) is 56.3 Å². The minimum absolute atomic E-state index is 0. The second-order valence-electron chi connectivity index (χ2n) is 17.0. The zero-order valence-electron chi connectivity index (χ0n) is 36.6. The summed E-state index contributed by atoms with van der Waals surface area (Å²) in [4.78, 5) is -0.0399. The van der Waals surface area contributed by atoms with Crippen molar-refractivity contribution in [2.75, 3.05) is 0 Å². The maximum atomic E-state index is 11.4. The van der Waals surface area contributed by atoms with Crippen LogP contribution in [0.5, 0.6) is 0 Å². The minimum atomic E-state index is -4.37. The number of hydrogen-bond donors (Lipinski definition) is 0. The van der Waals surface area contributed by atoms with Gasteiger partial charge in [-0.3, -0.25) is 0 Å². The van der Waals surface area contributed by atoms with Crippen LogP contribution in [0.3, 0.4) is 0 Å². The van der Waals surface area contributed by atoms with Gasteiger partial charge in [0.05, 0.1) is 4.90 Å². The Bertz CT molecular complexity index is 981. The van der Waals surface area contributed by atoms with Gasteiger partial charge >= 0.3 is 51.4 Å². The van der Waals surface area contributed by atoms with Gasteiger partial charge in [0.1, 0.15) is 10.1 Å². The van der Waals surface area contributed by atoms with Crippen LogP contribution in [0.15, 0.2) is 29.2 Å². The van der Waals surface area contributed by atoms with Crippen molar-refractivity contribution in [2.24, 2.45) is 0 Å². The summed E-state index contributed by atoms with van der Waals surface area (Å²) < 4.78 is 34.2. The van der Waals surface area contributed by atoms with Crippen molar-refractivity contribution in [1.29, 1.82) is 0 Å². The molecule has 0 radical (unpaired) electrons. The molecule has 1 aromatic rings. The van der Waals surface area contributed by atoms with E-state index in [4.69, 9.17) is 0 Å². The Balaban J connectivity index is 0.0000281. The van der Waals surface area contributed by atoms with Gasteiger partial charge in [-0.05, 0) is 24.5 Å². The topological polar surface area (TPSA) is 57.2 Å². The van der Waals surface area contributed by atoms with Crippen LogP contribution in [-0.2, 0) is 16.5 Å². The first kappa shape index (κ1) is 54.8. The van der Waals surface area contributed by atoms with Crippen LogP contribution in [0.1, 0.15) is 276 Å². The Kier molecular flexibility index (Phi) is 44.0. The largest absolute Gasteiger partial charge is 1.00 e. The summed E-state index contributed by atoms with van der Waals surface area (Å²) in [6.07, 6.45) is 58.8. The summed E-state index contributed by atoms with van der Waals surface area (Å²) in [5.74, 6) is 0. The van der Waals surface area contributed by atoms with E-state index in [1.165, 1.54) is 256 Å². The SMILES string of the molecule is CCCCCCCCCCCCCCCCCCCCCCCCCCCCCCCCCCCCCCCCCCCc1ccccc1S(=O)(=O)[O-].[K+]. The van der Waals surface area contributed by atoms with E-state index in [0.29, 0.717) is 12.0 Å². The molecule has 0 unspecified atom stereocenters. The summed E-state index contributed by atoms with van der Waals surface area (Å²) in [5, 5.41) is 0. The van der Waals surface area contributed by atoms with Crippen LogP contribution in [0.25, 0.3) is 0 Å². The molecule has 1 rings (SSSR count).